The second-order valence-corrected chi connectivity index (χ2v) is 4.54. The van der Waals surface area contributed by atoms with E-state index in [0.29, 0.717) is 22.9 Å². The van der Waals surface area contributed by atoms with Crippen LogP contribution in [0.1, 0.15) is 31.2 Å². The second-order valence-electron chi connectivity index (χ2n) is 4.54. The highest BCUT2D eigenvalue weighted by Gasteiger charge is 2.08. The van der Waals surface area contributed by atoms with Gasteiger partial charge in [0.15, 0.2) is 11.5 Å². The van der Waals surface area contributed by atoms with Gasteiger partial charge in [-0.2, -0.15) is 0 Å². The van der Waals surface area contributed by atoms with E-state index in [9.17, 15) is 5.11 Å². The molecule has 1 N–H and O–H groups in total. The minimum Gasteiger partial charge on any atom is -0.493 e. The number of aliphatic hydroxyl groups excluding tert-OH is 1. The van der Waals surface area contributed by atoms with Gasteiger partial charge in [0.25, 0.3) is 0 Å². The van der Waals surface area contributed by atoms with Crippen LogP contribution >= 0.6 is 0 Å². The van der Waals surface area contributed by atoms with Gasteiger partial charge in [-0.05, 0) is 43.2 Å². The van der Waals surface area contributed by atoms with E-state index < -0.39 is 6.10 Å². The Morgan fingerprint density at radius 1 is 1.20 bits per heavy atom. The first-order valence-corrected chi connectivity index (χ1v) is 6.62. The number of hydrogen-bond donors (Lipinski definition) is 1. The highest BCUT2D eigenvalue weighted by atomic mass is 16.5. The Labute approximate surface area is 119 Å². The average Bonchev–Trinajstić information content (AvgIpc) is 2.48. The summed E-state index contributed by atoms with van der Waals surface area (Å²) >= 11 is 0. The van der Waals surface area contributed by atoms with Crippen LogP contribution in [0.25, 0.3) is 0 Å². The molecule has 0 fully saturated rings. The van der Waals surface area contributed by atoms with Gasteiger partial charge in [0.1, 0.15) is 5.75 Å². The summed E-state index contributed by atoms with van der Waals surface area (Å²) in [6.07, 6.45) is 1.96. The maximum absolute atomic E-state index is 9.42. The Balaban J connectivity index is 2.20. The molecule has 0 aliphatic rings. The van der Waals surface area contributed by atoms with E-state index in [1.807, 2.05) is 18.2 Å². The third kappa shape index (κ3) is 3.27. The molecular formula is C16H19NO3. The fraction of sp³-hybridized carbons (Fsp3) is 0.312. The molecule has 0 spiro atoms. The zero-order valence-corrected chi connectivity index (χ0v) is 12.0. The van der Waals surface area contributed by atoms with E-state index >= 15 is 0 Å². The lowest BCUT2D eigenvalue weighted by molar-refractivity contribution is 0.194. The van der Waals surface area contributed by atoms with E-state index in [0.717, 1.165) is 6.42 Å². The lowest BCUT2D eigenvalue weighted by Gasteiger charge is -2.12. The van der Waals surface area contributed by atoms with Crippen molar-refractivity contribution in [3.63, 3.8) is 0 Å². The number of aromatic nitrogens is 1. The molecule has 2 aromatic rings. The van der Waals surface area contributed by atoms with E-state index in [4.69, 9.17) is 9.47 Å². The lowest BCUT2D eigenvalue weighted by atomic mass is 10.1. The van der Waals surface area contributed by atoms with Gasteiger partial charge in [-0.3, -0.25) is 4.98 Å². The quantitative estimate of drug-likeness (QED) is 0.906. The van der Waals surface area contributed by atoms with Crippen molar-refractivity contribution in [3.8, 4) is 17.2 Å². The zero-order valence-electron chi connectivity index (χ0n) is 12.0. The summed E-state index contributed by atoms with van der Waals surface area (Å²) in [7, 11) is 1.62. The number of hydrogen-bond acceptors (Lipinski definition) is 4. The van der Waals surface area contributed by atoms with E-state index in [1.54, 1.807) is 32.4 Å². The Bertz CT molecular complexity index is 564. The molecule has 20 heavy (non-hydrogen) atoms. The van der Waals surface area contributed by atoms with Gasteiger partial charge >= 0.3 is 0 Å². The molecule has 0 amide bonds. The molecule has 106 valence electrons. The number of pyridine rings is 1. The number of rotatable bonds is 5. The molecule has 0 aliphatic heterocycles. The molecule has 0 radical (unpaired) electrons. The summed E-state index contributed by atoms with van der Waals surface area (Å²) in [5.41, 5.74) is 1.81. The highest BCUT2D eigenvalue weighted by Crippen LogP contribution is 2.32. The van der Waals surface area contributed by atoms with E-state index in [1.165, 1.54) is 5.56 Å². The minimum absolute atomic E-state index is 0.581. The number of ether oxygens (including phenoxy) is 2. The average molecular weight is 273 g/mol. The van der Waals surface area contributed by atoms with Crippen molar-refractivity contribution in [2.75, 3.05) is 7.11 Å². The van der Waals surface area contributed by atoms with Gasteiger partial charge in [0, 0.05) is 0 Å². The molecule has 1 aromatic heterocycles. The van der Waals surface area contributed by atoms with Gasteiger partial charge in [-0.15, -0.1) is 0 Å². The molecule has 0 unspecified atom stereocenters. The maximum atomic E-state index is 9.42. The van der Waals surface area contributed by atoms with Crippen LogP contribution in [-0.2, 0) is 6.42 Å². The van der Waals surface area contributed by atoms with Crippen molar-refractivity contribution in [3.05, 3.63) is 47.8 Å². The van der Waals surface area contributed by atoms with Crippen LogP contribution in [0, 0.1) is 0 Å². The molecule has 4 nitrogen and oxygen atoms in total. The normalized spacial score (nSPS) is 12.0. The first kappa shape index (κ1) is 14.3. The topological polar surface area (TPSA) is 51.6 Å². The molecule has 1 atom stereocenters. The summed E-state index contributed by atoms with van der Waals surface area (Å²) in [5.74, 6) is 1.96. The predicted molar refractivity (Wildman–Crippen MR) is 77.3 cm³/mol. The Morgan fingerprint density at radius 3 is 2.55 bits per heavy atom. The fourth-order valence-electron chi connectivity index (χ4n) is 1.84. The van der Waals surface area contributed by atoms with E-state index in [-0.39, 0.29) is 0 Å². The molecule has 1 heterocycles. The number of aliphatic hydroxyl groups is 1. The van der Waals surface area contributed by atoms with Crippen LogP contribution in [-0.4, -0.2) is 17.2 Å². The van der Waals surface area contributed by atoms with Crippen LogP contribution in [0.2, 0.25) is 0 Å². The smallest absolute Gasteiger partial charge is 0.169 e. The van der Waals surface area contributed by atoms with Crippen molar-refractivity contribution in [1.29, 1.82) is 0 Å². The van der Waals surface area contributed by atoms with Crippen molar-refractivity contribution in [2.45, 2.75) is 26.4 Å². The highest BCUT2D eigenvalue weighted by molar-refractivity contribution is 5.45. The molecule has 2 rings (SSSR count). The van der Waals surface area contributed by atoms with Gasteiger partial charge in [-0.25, -0.2) is 0 Å². The third-order valence-corrected chi connectivity index (χ3v) is 3.05. The Hall–Kier alpha value is -2.07. The van der Waals surface area contributed by atoms with Crippen molar-refractivity contribution >= 4 is 0 Å². The number of aryl methyl sites for hydroxylation is 1. The molecule has 0 bridgehead atoms. The molecule has 1 aromatic carbocycles. The van der Waals surface area contributed by atoms with Crippen molar-refractivity contribution in [1.82, 2.24) is 4.98 Å². The number of benzene rings is 1. The van der Waals surface area contributed by atoms with Crippen LogP contribution in [0.15, 0.2) is 36.5 Å². The molecule has 0 aliphatic carbocycles. The second kappa shape index (κ2) is 6.39. The van der Waals surface area contributed by atoms with Crippen LogP contribution < -0.4 is 9.47 Å². The van der Waals surface area contributed by atoms with Crippen LogP contribution in [0.5, 0.6) is 17.2 Å². The fourth-order valence-corrected chi connectivity index (χ4v) is 1.84. The summed E-state index contributed by atoms with van der Waals surface area (Å²) in [5, 5.41) is 9.42. The Kier molecular flexibility index (Phi) is 4.58. The molecule has 0 saturated heterocycles. The first-order valence-electron chi connectivity index (χ1n) is 6.62. The Morgan fingerprint density at radius 2 is 2.00 bits per heavy atom. The van der Waals surface area contributed by atoms with Crippen LogP contribution in [0.4, 0.5) is 0 Å². The standard InChI is InChI=1S/C16H19NO3/c1-4-12-5-8-15(16(9-12)19-3)20-13-6-7-14(11(2)18)17-10-13/h5-11,18H,4H2,1-3H3/t11-/m1/s1. The summed E-state index contributed by atoms with van der Waals surface area (Å²) < 4.78 is 11.1. The van der Waals surface area contributed by atoms with Gasteiger partial charge in [-0.1, -0.05) is 13.0 Å². The maximum Gasteiger partial charge on any atom is 0.169 e. The van der Waals surface area contributed by atoms with Gasteiger partial charge < -0.3 is 14.6 Å². The first-order chi connectivity index (χ1) is 9.63. The minimum atomic E-state index is -0.581. The predicted octanol–water partition coefficient (Wildman–Crippen LogP) is 3.50. The lowest BCUT2D eigenvalue weighted by Crippen LogP contribution is -1.96. The third-order valence-electron chi connectivity index (χ3n) is 3.05. The van der Waals surface area contributed by atoms with Gasteiger partial charge in [0.05, 0.1) is 25.1 Å². The number of methoxy groups -OCH3 is 1. The van der Waals surface area contributed by atoms with Gasteiger partial charge in [0.2, 0.25) is 0 Å². The van der Waals surface area contributed by atoms with E-state index in [2.05, 4.69) is 11.9 Å². The largest absolute Gasteiger partial charge is 0.493 e. The van der Waals surface area contributed by atoms with Crippen molar-refractivity contribution in [2.24, 2.45) is 0 Å². The SMILES string of the molecule is CCc1ccc(Oc2ccc([C@@H](C)O)nc2)c(OC)c1. The summed E-state index contributed by atoms with van der Waals surface area (Å²) in [6, 6.07) is 9.39. The monoisotopic (exact) mass is 273 g/mol. The number of nitrogens with zero attached hydrogens (tertiary/aromatic N) is 1. The summed E-state index contributed by atoms with van der Waals surface area (Å²) in [4.78, 5) is 4.15. The van der Waals surface area contributed by atoms with Crippen LogP contribution in [0.3, 0.4) is 0 Å². The summed E-state index contributed by atoms with van der Waals surface area (Å²) in [6.45, 7) is 3.77. The zero-order chi connectivity index (χ0) is 14.5. The van der Waals surface area contributed by atoms with Crippen molar-refractivity contribution < 1.29 is 14.6 Å². The molecule has 4 heteroatoms. The molecule has 0 saturated carbocycles. The molecular weight excluding hydrogens is 254 g/mol.